The summed E-state index contributed by atoms with van der Waals surface area (Å²) >= 11 is 0. The molecule has 0 unspecified atom stereocenters. The Morgan fingerprint density at radius 1 is 0.853 bits per heavy atom. The number of rotatable bonds is 7. The van der Waals surface area contributed by atoms with Crippen LogP contribution >= 0.6 is 0 Å². The summed E-state index contributed by atoms with van der Waals surface area (Å²) in [6.07, 6.45) is 5.84. The lowest BCUT2D eigenvalue weighted by molar-refractivity contribution is 0.261. The summed E-state index contributed by atoms with van der Waals surface area (Å²) in [6.45, 7) is 1.55. The molecule has 5 nitrogen and oxygen atoms in total. The number of pyridine rings is 1. The molecular weight excluding hydrogens is 420 g/mol. The average Bonchev–Trinajstić information content (AvgIpc) is 3.24. The molecule has 0 fully saturated rings. The van der Waals surface area contributed by atoms with E-state index in [1.54, 1.807) is 0 Å². The molecule has 34 heavy (non-hydrogen) atoms. The van der Waals surface area contributed by atoms with Crippen LogP contribution in [0.5, 0.6) is 5.75 Å². The van der Waals surface area contributed by atoms with Crippen LogP contribution in [0.1, 0.15) is 0 Å². The van der Waals surface area contributed by atoms with E-state index < -0.39 is 0 Å². The number of aromatic nitrogens is 2. The van der Waals surface area contributed by atoms with Crippen molar-refractivity contribution in [1.82, 2.24) is 14.5 Å². The number of anilines is 1. The molecule has 2 heterocycles. The molecule has 0 spiro atoms. The molecule has 2 N–H and O–H groups in total. The Morgan fingerprint density at radius 3 is 2.32 bits per heavy atom. The maximum Gasteiger partial charge on any atom is 0.119 e. The van der Waals surface area contributed by atoms with Crippen molar-refractivity contribution in [2.24, 2.45) is 0 Å². The van der Waals surface area contributed by atoms with Crippen LogP contribution in [0.15, 0.2) is 97.5 Å². The minimum Gasteiger partial charge on any atom is -0.492 e. The highest BCUT2D eigenvalue weighted by Crippen LogP contribution is 2.36. The van der Waals surface area contributed by atoms with E-state index in [4.69, 9.17) is 10.5 Å². The van der Waals surface area contributed by atoms with Crippen LogP contribution in [0, 0.1) is 0 Å². The fraction of sp³-hybridized carbons (Fsp3) is 0.138. The lowest BCUT2D eigenvalue weighted by Crippen LogP contribution is -2.19. The second-order valence-electron chi connectivity index (χ2n) is 8.65. The molecule has 0 aliphatic carbocycles. The lowest BCUT2D eigenvalue weighted by atomic mass is 10.0. The van der Waals surface area contributed by atoms with Gasteiger partial charge >= 0.3 is 0 Å². The second-order valence-corrected chi connectivity index (χ2v) is 8.65. The Hall–Kier alpha value is -4.09. The molecule has 0 aliphatic rings. The molecule has 5 rings (SSSR count). The van der Waals surface area contributed by atoms with Crippen molar-refractivity contribution in [3.8, 4) is 33.7 Å². The first-order valence-corrected chi connectivity index (χ1v) is 11.4. The third-order valence-electron chi connectivity index (χ3n) is 5.94. The first-order valence-electron chi connectivity index (χ1n) is 11.4. The molecule has 2 aromatic heterocycles. The number of hydrogen-bond donors (Lipinski definition) is 1. The first kappa shape index (κ1) is 21.7. The van der Waals surface area contributed by atoms with Crippen molar-refractivity contribution in [2.45, 2.75) is 0 Å². The molecule has 0 amide bonds. The third kappa shape index (κ3) is 4.51. The fourth-order valence-corrected chi connectivity index (χ4v) is 4.15. The molecule has 0 saturated carbocycles. The van der Waals surface area contributed by atoms with Gasteiger partial charge in [0.25, 0.3) is 0 Å². The number of likely N-dealkylation sites (N-methyl/N-ethyl adjacent to an activating group) is 1. The fourth-order valence-electron chi connectivity index (χ4n) is 4.15. The van der Waals surface area contributed by atoms with E-state index in [1.165, 1.54) is 10.9 Å². The van der Waals surface area contributed by atoms with E-state index in [0.29, 0.717) is 6.61 Å². The van der Waals surface area contributed by atoms with Crippen LogP contribution in [0.3, 0.4) is 0 Å². The van der Waals surface area contributed by atoms with Gasteiger partial charge in [0.15, 0.2) is 0 Å². The number of nitrogens with zero attached hydrogens (tertiary/aromatic N) is 3. The summed E-state index contributed by atoms with van der Waals surface area (Å²) in [7, 11) is 4.09. The molecule has 170 valence electrons. The van der Waals surface area contributed by atoms with Crippen LogP contribution in [-0.2, 0) is 0 Å². The first-order chi connectivity index (χ1) is 16.6. The van der Waals surface area contributed by atoms with Crippen LogP contribution in [0.25, 0.3) is 38.8 Å². The van der Waals surface area contributed by atoms with E-state index in [2.05, 4.69) is 57.0 Å². The standard InChI is InChI=1S/C29H28N4O/c1-32(2)16-17-34-26-9-6-21(7-10-26)28-20-33(25-12-14-31-15-13-25)29-19-23(8-11-27(28)29)22-4-3-5-24(30)18-22/h3-15,18-20H,16-17,30H2,1-2H3. The highest BCUT2D eigenvalue weighted by atomic mass is 16.5. The van der Waals surface area contributed by atoms with Gasteiger partial charge in [-0.05, 0) is 73.3 Å². The summed E-state index contributed by atoms with van der Waals surface area (Å²) in [5.74, 6) is 0.882. The van der Waals surface area contributed by atoms with Gasteiger partial charge in [-0.3, -0.25) is 4.98 Å². The molecule has 5 heteroatoms. The third-order valence-corrected chi connectivity index (χ3v) is 5.94. The number of hydrogen-bond acceptors (Lipinski definition) is 4. The van der Waals surface area contributed by atoms with E-state index in [-0.39, 0.29) is 0 Å². The number of nitrogen functional groups attached to an aromatic ring is 1. The normalized spacial score (nSPS) is 11.3. The van der Waals surface area contributed by atoms with Gasteiger partial charge in [-0.2, -0.15) is 0 Å². The predicted octanol–water partition coefficient (Wildman–Crippen LogP) is 5.88. The van der Waals surface area contributed by atoms with Gasteiger partial charge in [0.1, 0.15) is 12.4 Å². The summed E-state index contributed by atoms with van der Waals surface area (Å²) in [4.78, 5) is 6.30. The second kappa shape index (κ2) is 9.41. The zero-order chi connectivity index (χ0) is 23.5. The molecular formula is C29H28N4O. The lowest BCUT2D eigenvalue weighted by Gasteiger charge is -2.11. The Balaban J connectivity index is 1.57. The van der Waals surface area contributed by atoms with Crippen molar-refractivity contribution >= 4 is 16.6 Å². The minimum atomic E-state index is 0.667. The summed E-state index contributed by atoms with van der Waals surface area (Å²) in [5, 5.41) is 1.19. The monoisotopic (exact) mass is 448 g/mol. The number of benzene rings is 3. The maximum absolute atomic E-state index is 6.04. The van der Waals surface area contributed by atoms with Crippen molar-refractivity contribution in [1.29, 1.82) is 0 Å². The average molecular weight is 449 g/mol. The Labute approximate surface area is 200 Å². The van der Waals surface area contributed by atoms with Gasteiger partial charge in [-0.25, -0.2) is 0 Å². The van der Waals surface area contributed by atoms with Crippen molar-refractivity contribution in [3.63, 3.8) is 0 Å². The zero-order valence-electron chi connectivity index (χ0n) is 19.5. The van der Waals surface area contributed by atoms with Gasteiger partial charge in [0.2, 0.25) is 0 Å². The van der Waals surface area contributed by atoms with Crippen LogP contribution in [0.2, 0.25) is 0 Å². The van der Waals surface area contributed by atoms with Crippen LogP contribution in [0.4, 0.5) is 5.69 Å². The number of nitrogens with two attached hydrogens (primary N) is 1. The highest BCUT2D eigenvalue weighted by molar-refractivity contribution is 5.99. The van der Waals surface area contributed by atoms with E-state index in [9.17, 15) is 0 Å². The molecule has 0 atom stereocenters. The number of ether oxygens (including phenoxy) is 1. The molecule has 0 radical (unpaired) electrons. The summed E-state index contributed by atoms with van der Waals surface area (Å²) in [5.41, 5.74) is 13.6. The van der Waals surface area contributed by atoms with Gasteiger partial charge in [0.05, 0.1) is 5.52 Å². The van der Waals surface area contributed by atoms with Crippen molar-refractivity contribution in [3.05, 3.63) is 97.5 Å². The van der Waals surface area contributed by atoms with Crippen molar-refractivity contribution < 1.29 is 4.74 Å². The van der Waals surface area contributed by atoms with Crippen LogP contribution < -0.4 is 10.5 Å². The Kier molecular flexibility index (Phi) is 6.02. The van der Waals surface area contributed by atoms with E-state index in [1.807, 2.05) is 69.0 Å². The predicted molar refractivity (Wildman–Crippen MR) is 140 cm³/mol. The SMILES string of the molecule is CN(C)CCOc1ccc(-c2cn(-c3ccncc3)c3cc(-c4cccc(N)c4)ccc23)cc1. The quantitative estimate of drug-likeness (QED) is 0.316. The maximum atomic E-state index is 6.04. The molecule has 3 aromatic carbocycles. The van der Waals surface area contributed by atoms with Crippen molar-refractivity contribution in [2.75, 3.05) is 33.0 Å². The molecule has 5 aromatic rings. The van der Waals surface area contributed by atoms with E-state index >= 15 is 0 Å². The zero-order valence-corrected chi connectivity index (χ0v) is 19.5. The van der Waals surface area contributed by atoms with E-state index in [0.717, 1.165) is 45.9 Å². The Bertz CT molecular complexity index is 1410. The molecule has 0 saturated heterocycles. The topological polar surface area (TPSA) is 56.3 Å². The van der Waals surface area contributed by atoms with Gasteiger partial charge in [-0.15, -0.1) is 0 Å². The summed E-state index contributed by atoms with van der Waals surface area (Å²) in [6, 6.07) is 27.0. The Morgan fingerprint density at radius 2 is 1.59 bits per heavy atom. The molecule has 0 aliphatic heterocycles. The molecule has 0 bridgehead atoms. The minimum absolute atomic E-state index is 0.667. The smallest absolute Gasteiger partial charge is 0.119 e. The number of fused-ring (bicyclic) bond motifs is 1. The van der Waals surface area contributed by atoms with Gasteiger partial charge in [0, 0.05) is 47.5 Å². The highest BCUT2D eigenvalue weighted by Gasteiger charge is 2.13. The van der Waals surface area contributed by atoms with Gasteiger partial charge in [-0.1, -0.05) is 36.4 Å². The van der Waals surface area contributed by atoms with Crippen LogP contribution in [-0.4, -0.2) is 41.7 Å². The van der Waals surface area contributed by atoms with Gasteiger partial charge < -0.3 is 19.9 Å². The largest absolute Gasteiger partial charge is 0.492 e. The summed E-state index contributed by atoms with van der Waals surface area (Å²) < 4.78 is 8.11.